The summed E-state index contributed by atoms with van der Waals surface area (Å²) in [5.41, 5.74) is 0. The number of aliphatic carboxylic acids is 1. The molecule has 9 nitrogen and oxygen atoms in total. The molecule has 35 heavy (non-hydrogen) atoms. The number of carbonyl (C=O) groups is 1. The van der Waals surface area contributed by atoms with Crippen LogP contribution in [0.15, 0.2) is 0 Å². The van der Waals surface area contributed by atoms with Crippen molar-refractivity contribution in [3.63, 3.8) is 0 Å². The van der Waals surface area contributed by atoms with Gasteiger partial charge in [0.25, 0.3) is 0 Å². The second-order valence-electron chi connectivity index (χ2n) is 9.99. The number of aliphatic hydroxyl groups excluding tert-OH is 5. The molecular weight excluding hydrogens is 456 g/mol. The molecule has 0 aromatic rings. The van der Waals surface area contributed by atoms with Gasteiger partial charge in [0.1, 0.15) is 24.4 Å². The predicted molar refractivity (Wildman–Crippen MR) is 132 cm³/mol. The van der Waals surface area contributed by atoms with E-state index in [-0.39, 0.29) is 6.42 Å². The Morgan fingerprint density at radius 3 is 1.66 bits per heavy atom. The Morgan fingerprint density at radius 2 is 1.23 bits per heavy atom. The van der Waals surface area contributed by atoms with Crippen LogP contribution in [0.4, 0.5) is 0 Å². The Kier molecular flexibility index (Phi) is 17.8. The molecule has 0 aromatic heterocycles. The molecular formula is C26H50O9. The first-order valence-corrected chi connectivity index (χ1v) is 13.6. The number of carboxylic acids is 1. The fourth-order valence-corrected chi connectivity index (χ4v) is 4.52. The predicted octanol–water partition coefficient (Wildman–Crippen LogP) is 2.88. The maximum absolute atomic E-state index is 10.5. The summed E-state index contributed by atoms with van der Waals surface area (Å²) in [4.78, 5) is 10.5. The zero-order valence-electron chi connectivity index (χ0n) is 21.5. The Hall–Kier alpha value is -0.810. The van der Waals surface area contributed by atoms with Crippen molar-refractivity contribution in [3.05, 3.63) is 0 Å². The van der Waals surface area contributed by atoms with Crippen LogP contribution in [0.3, 0.4) is 0 Å². The van der Waals surface area contributed by atoms with E-state index in [1.54, 1.807) is 6.92 Å². The summed E-state index contributed by atoms with van der Waals surface area (Å²) >= 11 is 0. The van der Waals surface area contributed by atoms with Crippen molar-refractivity contribution < 1.29 is 44.9 Å². The van der Waals surface area contributed by atoms with Crippen LogP contribution in [-0.2, 0) is 14.3 Å². The lowest BCUT2D eigenvalue weighted by Crippen LogP contribution is -2.60. The smallest absolute Gasteiger partial charge is 0.303 e. The van der Waals surface area contributed by atoms with Crippen molar-refractivity contribution in [2.75, 3.05) is 6.61 Å². The fraction of sp³-hybridized carbons (Fsp3) is 0.962. The van der Waals surface area contributed by atoms with Crippen LogP contribution < -0.4 is 0 Å². The van der Waals surface area contributed by atoms with Crippen molar-refractivity contribution >= 4 is 5.97 Å². The van der Waals surface area contributed by atoms with Crippen LogP contribution >= 0.6 is 0 Å². The molecule has 1 rings (SSSR count). The quantitative estimate of drug-likeness (QED) is 0.129. The van der Waals surface area contributed by atoms with Gasteiger partial charge in [-0.1, -0.05) is 83.5 Å². The highest BCUT2D eigenvalue weighted by atomic mass is 16.7. The van der Waals surface area contributed by atoms with E-state index < -0.39 is 55.5 Å². The molecule has 1 heterocycles. The first-order chi connectivity index (χ1) is 16.8. The summed E-state index contributed by atoms with van der Waals surface area (Å²) in [6, 6.07) is 0. The van der Waals surface area contributed by atoms with Gasteiger partial charge in [0.05, 0.1) is 18.8 Å². The summed E-state index contributed by atoms with van der Waals surface area (Å²) in [5.74, 6) is -0.699. The molecule has 1 aliphatic rings. The standard InChI is InChI=1S/C26H50O9/c1-19(28)20(34-26-25(33)24(32)23(31)21(18-27)35-26)16-14-12-10-8-6-4-2-3-5-7-9-11-13-15-17-22(29)30/h19-21,23-28,31-33H,2-18H2,1H3,(H,29,30). The number of hydrogen-bond acceptors (Lipinski definition) is 8. The molecule has 1 saturated heterocycles. The summed E-state index contributed by atoms with van der Waals surface area (Å²) in [5, 5.41) is 57.9. The average molecular weight is 507 g/mol. The first kappa shape index (κ1) is 32.2. The molecule has 0 aliphatic carbocycles. The van der Waals surface area contributed by atoms with Crippen LogP contribution in [0.1, 0.15) is 110 Å². The third-order valence-electron chi connectivity index (χ3n) is 6.82. The minimum absolute atomic E-state index is 0.289. The van der Waals surface area contributed by atoms with E-state index in [9.17, 15) is 30.3 Å². The van der Waals surface area contributed by atoms with Gasteiger partial charge in [-0.2, -0.15) is 0 Å². The minimum atomic E-state index is -1.49. The van der Waals surface area contributed by atoms with Gasteiger partial charge >= 0.3 is 5.97 Å². The monoisotopic (exact) mass is 506 g/mol. The molecule has 0 spiro atoms. The zero-order valence-corrected chi connectivity index (χ0v) is 21.5. The van der Waals surface area contributed by atoms with Crippen LogP contribution in [0.5, 0.6) is 0 Å². The molecule has 1 aliphatic heterocycles. The zero-order chi connectivity index (χ0) is 26.1. The number of ether oxygens (including phenoxy) is 2. The summed E-state index contributed by atoms with van der Waals surface area (Å²) in [7, 11) is 0. The van der Waals surface area contributed by atoms with Gasteiger partial charge in [0.15, 0.2) is 6.29 Å². The number of rotatable bonds is 21. The number of carboxylic acid groups (broad SMARTS) is 1. The highest BCUT2D eigenvalue weighted by Gasteiger charge is 2.45. The molecule has 0 saturated carbocycles. The molecule has 7 atom stereocenters. The molecule has 0 radical (unpaired) electrons. The summed E-state index contributed by atoms with van der Waals surface area (Å²) < 4.78 is 11.1. The maximum Gasteiger partial charge on any atom is 0.303 e. The molecule has 208 valence electrons. The van der Waals surface area contributed by atoms with Gasteiger partial charge in [-0.3, -0.25) is 4.79 Å². The van der Waals surface area contributed by atoms with Crippen LogP contribution in [-0.4, -0.2) is 86.1 Å². The molecule has 1 fully saturated rings. The van der Waals surface area contributed by atoms with Crippen molar-refractivity contribution in [1.82, 2.24) is 0 Å². The summed E-state index contributed by atoms with van der Waals surface area (Å²) in [6.45, 7) is 1.09. The molecule has 7 unspecified atom stereocenters. The lowest BCUT2D eigenvalue weighted by atomic mass is 9.99. The number of hydrogen-bond donors (Lipinski definition) is 6. The lowest BCUT2D eigenvalue weighted by Gasteiger charge is -2.41. The largest absolute Gasteiger partial charge is 0.481 e. The third kappa shape index (κ3) is 13.9. The first-order valence-electron chi connectivity index (χ1n) is 13.6. The van der Waals surface area contributed by atoms with Gasteiger partial charge in [-0.15, -0.1) is 0 Å². The average Bonchev–Trinajstić information content (AvgIpc) is 2.82. The highest BCUT2D eigenvalue weighted by Crippen LogP contribution is 2.25. The SMILES string of the molecule is CC(O)C(CCCCCCCCCCCCCCCCC(=O)O)OC1OC(CO)C(O)C(O)C1O. The van der Waals surface area contributed by atoms with E-state index >= 15 is 0 Å². The molecule has 9 heteroatoms. The highest BCUT2D eigenvalue weighted by molar-refractivity contribution is 5.66. The second kappa shape index (κ2) is 19.3. The molecule has 0 amide bonds. The van der Waals surface area contributed by atoms with E-state index in [1.165, 1.54) is 51.4 Å². The van der Waals surface area contributed by atoms with Gasteiger partial charge < -0.3 is 40.1 Å². The molecule has 0 aromatic carbocycles. The Balaban J connectivity index is 2.04. The normalized spacial score (nSPS) is 26.5. The maximum atomic E-state index is 10.5. The Labute approximate surface area is 210 Å². The number of unbranched alkanes of at least 4 members (excludes halogenated alkanes) is 13. The lowest BCUT2D eigenvalue weighted by molar-refractivity contribution is -0.317. The molecule has 0 bridgehead atoms. The van der Waals surface area contributed by atoms with Crippen molar-refractivity contribution in [2.45, 2.75) is 153 Å². The van der Waals surface area contributed by atoms with Crippen molar-refractivity contribution in [3.8, 4) is 0 Å². The molecule has 6 N–H and O–H groups in total. The minimum Gasteiger partial charge on any atom is -0.481 e. The van der Waals surface area contributed by atoms with Crippen molar-refractivity contribution in [2.24, 2.45) is 0 Å². The summed E-state index contributed by atoms with van der Waals surface area (Å²) in [6.07, 6.45) is 8.69. The van der Waals surface area contributed by atoms with Gasteiger partial charge in [0, 0.05) is 6.42 Å². The number of aliphatic hydroxyl groups is 5. The Morgan fingerprint density at radius 1 is 0.771 bits per heavy atom. The van der Waals surface area contributed by atoms with Crippen LogP contribution in [0, 0.1) is 0 Å². The van der Waals surface area contributed by atoms with Gasteiger partial charge in [0.2, 0.25) is 0 Å². The third-order valence-corrected chi connectivity index (χ3v) is 6.82. The van der Waals surface area contributed by atoms with E-state index in [2.05, 4.69) is 0 Å². The fourth-order valence-electron chi connectivity index (χ4n) is 4.52. The van der Waals surface area contributed by atoms with Crippen molar-refractivity contribution in [1.29, 1.82) is 0 Å². The topological polar surface area (TPSA) is 157 Å². The Bertz CT molecular complexity index is 529. The van der Waals surface area contributed by atoms with Gasteiger partial charge in [-0.05, 0) is 19.8 Å². The van der Waals surface area contributed by atoms with Gasteiger partial charge in [-0.25, -0.2) is 0 Å². The van der Waals surface area contributed by atoms with Crippen LogP contribution in [0.25, 0.3) is 0 Å². The van der Waals surface area contributed by atoms with E-state index in [4.69, 9.17) is 14.6 Å². The van der Waals surface area contributed by atoms with E-state index in [1.807, 2.05) is 0 Å². The van der Waals surface area contributed by atoms with E-state index in [0.29, 0.717) is 6.42 Å². The van der Waals surface area contributed by atoms with E-state index in [0.717, 1.165) is 38.5 Å². The second-order valence-corrected chi connectivity index (χ2v) is 9.99. The van der Waals surface area contributed by atoms with Crippen LogP contribution in [0.2, 0.25) is 0 Å².